The first-order valence-electron chi connectivity index (χ1n) is 2.54. The average Bonchev–Trinajstić information content (AvgIpc) is 1.81. The molecule has 0 aliphatic rings. The molecule has 0 saturated carbocycles. The molecule has 0 aliphatic carbocycles. The Balaban J connectivity index is 2.53. The van der Waals surface area contributed by atoms with E-state index >= 15 is 0 Å². The molecule has 0 spiro atoms. The molecule has 0 bridgehead atoms. The quantitative estimate of drug-likeness (QED) is 0.492. The highest BCUT2D eigenvalue weighted by atomic mass is 79.9. The summed E-state index contributed by atoms with van der Waals surface area (Å²) in [7, 11) is 1.73. The first-order valence-corrected chi connectivity index (χ1v) is 4.82. The van der Waals surface area contributed by atoms with Crippen LogP contribution in [-0.4, -0.2) is 30.6 Å². The molecule has 0 aromatic rings. The highest BCUT2D eigenvalue weighted by Gasteiger charge is 1.83. The number of methoxy groups -OCH3 is 1. The Labute approximate surface area is 63.3 Å². The number of hydrogen-bond donors (Lipinski definition) is 0. The first-order chi connectivity index (χ1) is 3.91. The van der Waals surface area contributed by atoms with Gasteiger partial charge in [-0.15, -0.1) is 0 Å². The molecule has 0 radical (unpaired) electrons. The number of ether oxygens (including phenoxy) is 1. The fourth-order valence-electron chi connectivity index (χ4n) is 0.299. The second-order valence-corrected chi connectivity index (χ2v) is 3.31. The van der Waals surface area contributed by atoms with Gasteiger partial charge in [0.15, 0.2) is 0 Å². The van der Waals surface area contributed by atoms with Gasteiger partial charge in [0.25, 0.3) is 0 Å². The van der Waals surface area contributed by atoms with E-state index in [0.717, 1.165) is 17.7 Å². The Morgan fingerprint density at radius 2 is 2.25 bits per heavy atom. The summed E-state index contributed by atoms with van der Waals surface area (Å²) in [5.74, 6) is 2.30. The minimum atomic E-state index is 0.873. The maximum atomic E-state index is 4.85. The van der Waals surface area contributed by atoms with Crippen molar-refractivity contribution in [2.24, 2.45) is 0 Å². The molecule has 0 saturated heterocycles. The molecule has 50 valence electrons. The molecule has 0 aromatic carbocycles. The first kappa shape index (κ1) is 8.79. The normalized spacial score (nSPS) is 9.75. The molecule has 0 amide bonds. The van der Waals surface area contributed by atoms with Crippen molar-refractivity contribution in [3.05, 3.63) is 0 Å². The topological polar surface area (TPSA) is 9.23 Å². The van der Waals surface area contributed by atoms with Crippen LogP contribution in [0.4, 0.5) is 0 Å². The molecule has 8 heavy (non-hydrogen) atoms. The number of halogens is 1. The number of alkyl halides is 1. The van der Waals surface area contributed by atoms with E-state index in [1.807, 2.05) is 11.8 Å². The highest BCUT2D eigenvalue weighted by Crippen LogP contribution is 1.99. The van der Waals surface area contributed by atoms with E-state index in [-0.39, 0.29) is 0 Å². The second kappa shape index (κ2) is 7.79. The molecule has 3 heteroatoms. The zero-order chi connectivity index (χ0) is 6.24. The standard InChI is InChI=1S/C5H11BrOS/c1-7-3-5-8-4-2-6/h2-5H2,1H3. The van der Waals surface area contributed by atoms with Crippen LogP contribution in [0.2, 0.25) is 0 Å². The Hall–Kier alpha value is 0.790. The monoisotopic (exact) mass is 198 g/mol. The SMILES string of the molecule is COCCSCCBr. The van der Waals surface area contributed by atoms with Crippen molar-refractivity contribution in [2.75, 3.05) is 30.6 Å². The van der Waals surface area contributed by atoms with E-state index in [4.69, 9.17) is 4.74 Å². The van der Waals surface area contributed by atoms with Gasteiger partial charge < -0.3 is 4.74 Å². The van der Waals surface area contributed by atoms with E-state index in [9.17, 15) is 0 Å². The molecule has 1 nitrogen and oxygen atoms in total. The fraction of sp³-hybridized carbons (Fsp3) is 1.00. The molecule has 0 rings (SSSR count). The number of rotatable bonds is 5. The summed E-state index contributed by atoms with van der Waals surface area (Å²) in [6, 6.07) is 0. The molecular weight excluding hydrogens is 188 g/mol. The summed E-state index contributed by atoms with van der Waals surface area (Å²) in [6.07, 6.45) is 0. The minimum absolute atomic E-state index is 0.873. The van der Waals surface area contributed by atoms with Gasteiger partial charge in [-0.1, -0.05) is 15.9 Å². The summed E-state index contributed by atoms with van der Waals surface area (Å²) in [5, 5.41) is 1.08. The predicted molar refractivity (Wildman–Crippen MR) is 43.0 cm³/mol. The van der Waals surface area contributed by atoms with Gasteiger partial charge in [0.05, 0.1) is 6.61 Å². The fourth-order valence-corrected chi connectivity index (χ4v) is 1.58. The summed E-state index contributed by atoms with van der Waals surface area (Å²) in [4.78, 5) is 0. The van der Waals surface area contributed by atoms with Crippen molar-refractivity contribution in [3.8, 4) is 0 Å². The maximum absolute atomic E-state index is 4.85. The molecule has 0 heterocycles. The lowest BCUT2D eigenvalue weighted by Gasteiger charge is -1.95. The van der Waals surface area contributed by atoms with E-state index in [1.165, 1.54) is 5.75 Å². The molecule has 0 unspecified atom stereocenters. The smallest absolute Gasteiger partial charge is 0.0552 e. The Morgan fingerprint density at radius 1 is 1.50 bits per heavy atom. The van der Waals surface area contributed by atoms with Crippen molar-refractivity contribution in [1.29, 1.82) is 0 Å². The van der Waals surface area contributed by atoms with Crippen LogP contribution in [0.3, 0.4) is 0 Å². The Morgan fingerprint density at radius 3 is 2.75 bits per heavy atom. The Bertz CT molecular complexity index is 37.4. The van der Waals surface area contributed by atoms with Crippen LogP contribution in [0.25, 0.3) is 0 Å². The lowest BCUT2D eigenvalue weighted by atomic mass is 10.9. The second-order valence-electron chi connectivity index (χ2n) is 1.29. The number of thioether (sulfide) groups is 1. The summed E-state index contributed by atoms with van der Waals surface area (Å²) < 4.78 is 4.85. The van der Waals surface area contributed by atoms with Crippen LogP contribution < -0.4 is 0 Å². The molecule has 0 fully saturated rings. The van der Waals surface area contributed by atoms with Crippen molar-refractivity contribution in [1.82, 2.24) is 0 Å². The minimum Gasteiger partial charge on any atom is -0.384 e. The molecule has 0 aliphatic heterocycles. The van der Waals surface area contributed by atoms with Crippen LogP contribution in [0.15, 0.2) is 0 Å². The van der Waals surface area contributed by atoms with Crippen LogP contribution in [0.1, 0.15) is 0 Å². The lowest BCUT2D eigenvalue weighted by molar-refractivity contribution is 0.218. The van der Waals surface area contributed by atoms with Crippen molar-refractivity contribution in [3.63, 3.8) is 0 Å². The summed E-state index contributed by atoms with van der Waals surface area (Å²) >= 11 is 5.25. The third-order valence-corrected chi connectivity index (χ3v) is 2.52. The van der Waals surface area contributed by atoms with Crippen molar-refractivity contribution < 1.29 is 4.74 Å². The zero-order valence-corrected chi connectivity index (χ0v) is 7.43. The molecular formula is C5H11BrOS. The van der Waals surface area contributed by atoms with E-state index in [2.05, 4.69) is 15.9 Å². The van der Waals surface area contributed by atoms with E-state index < -0.39 is 0 Å². The summed E-state index contributed by atoms with van der Waals surface area (Å²) in [5.41, 5.74) is 0. The van der Waals surface area contributed by atoms with Gasteiger partial charge in [-0.2, -0.15) is 11.8 Å². The van der Waals surface area contributed by atoms with Gasteiger partial charge in [0, 0.05) is 23.9 Å². The van der Waals surface area contributed by atoms with Crippen molar-refractivity contribution in [2.45, 2.75) is 0 Å². The zero-order valence-electron chi connectivity index (χ0n) is 5.02. The van der Waals surface area contributed by atoms with Crippen LogP contribution in [0.5, 0.6) is 0 Å². The lowest BCUT2D eigenvalue weighted by Crippen LogP contribution is -1.92. The van der Waals surface area contributed by atoms with E-state index in [0.29, 0.717) is 0 Å². The van der Waals surface area contributed by atoms with Gasteiger partial charge in [0.1, 0.15) is 0 Å². The summed E-state index contributed by atoms with van der Waals surface area (Å²) in [6.45, 7) is 0.873. The van der Waals surface area contributed by atoms with Crippen LogP contribution in [0, 0.1) is 0 Å². The van der Waals surface area contributed by atoms with Gasteiger partial charge in [-0.25, -0.2) is 0 Å². The average molecular weight is 199 g/mol. The molecule has 0 atom stereocenters. The predicted octanol–water partition coefficient (Wildman–Crippen LogP) is 1.76. The molecule has 0 aromatic heterocycles. The van der Waals surface area contributed by atoms with Crippen molar-refractivity contribution >= 4 is 27.7 Å². The largest absolute Gasteiger partial charge is 0.384 e. The van der Waals surface area contributed by atoms with Crippen LogP contribution >= 0.6 is 27.7 Å². The van der Waals surface area contributed by atoms with Gasteiger partial charge in [-0.3, -0.25) is 0 Å². The van der Waals surface area contributed by atoms with Crippen LogP contribution in [-0.2, 0) is 4.74 Å². The van der Waals surface area contributed by atoms with Gasteiger partial charge >= 0.3 is 0 Å². The van der Waals surface area contributed by atoms with Gasteiger partial charge in [0.2, 0.25) is 0 Å². The maximum Gasteiger partial charge on any atom is 0.0552 e. The van der Waals surface area contributed by atoms with Gasteiger partial charge in [-0.05, 0) is 0 Å². The van der Waals surface area contributed by atoms with E-state index in [1.54, 1.807) is 7.11 Å². The molecule has 0 N–H and O–H groups in total. The highest BCUT2D eigenvalue weighted by molar-refractivity contribution is 9.09. The third-order valence-electron chi connectivity index (χ3n) is 0.653. The third kappa shape index (κ3) is 6.79. The Kier molecular flexibility index (Phi) is 8.56. The number of hydrogen-bond acceptors (Lipinski definition) is 2.